The third kappa shape index (κ3) is 6.37. The summed E-state index contributed by atoms with van der Waals surface area (Å²) in [6.45, 7) is 2.67. The highest BCUT2D eigenvalue weighted by Gasteiger charge is 2.35. The Morgan fingerprint density at radius 1 is 1.09 bits per heavy atom. The highest BCUT2D eigenvalue weighted by Crippen LogP contribution is 2.33. The smallest absolute Gasteiger partial charge is 0.321 e. The summed E-state index contributed by atoms with van der Waals surface area (Å²) in [4.78, 5) is 25.0. The molecule has 1 fully saturated rings. The highest BCUT2D eigenvalue weighted by molar-refractivity contribution is 5.95. The lowest BCUT2D eigenvalue weighted by molar-refractivity contribution is -0.144. The van der Waals surface area contributed by atoms with Gasteiger partial charge < -0.3 is 24.8 Å². The number of hydrogen-bond donors (Lipinski definition) is 2. The molecule has 4 aromatic rings. The van der Waals surface area contributed by atoms with Gasteiger partial charge in [-0.2, -0.15) is 13.9 Å². The molecule has 0 saturated heterocycles. The first kappa shape index (κ1) is 29.6. The van der Waals surface area contributed by atoms with E-state index in [1.165, 1.54) is 0 Å². The summed E-state index contributed by atoms with van der Waals surface area (Å²) in [6, 6.07) is 17.5. The van der Waals surface area contributed by atoms with Gasteiger partial charge in [0.25, 0.3) is 11.8 Å². The van der Waals surface area contributed by atoms with Crippen LogP contribution < -0.4 is 20.1 Å². The average molecular weight is 605 g/mol. The number of ether oxygens (including phenoxy) is 3. The molecule has 1 unspecified atom stereocenters. The number of fused-ring (bicyclic) bond motifs is 2. The topological polar surface area (TPSA) is 104 Å². The van der Waals surface area contributed by atoms with E-state index in [2.05, 4.69) is 15.7 Å². The van der Waals surface area contributed by atoms with E-state index in [1.54, 1.807) is 48.1 Å². The van der Waals surface area contributed by atoms with Gasteiger partial charge in [-0.15, -0.1) is 0 Å². The van der Waals surface area contributed by atoms with Crippen molar-refractivity contribution in [2.24, 2.45) is 0 Å². The van der Waals surface area contributed by atoms with Gasteiger partial charge in [-0.05, 0) is 67.8 Å². The molecule has 2 amide bonds. The van der Waals surface area contributed by atoms with Crippen LogP contribution in [-0.4, -0.2) is 46.4 Å². The second kappa shape index (κ2) is 12.2. The van der Waals surface area contributed by atoms with E-state index >= 15 is 0 Å². The van der Waals surface area contributed by atoms with Crippen molar-refractivity contribution in [3.8, 4) is 17.2 Å². The van der Waals surface area contributed by atoms with E-state index in [0.717, 1.165) is 47.8 Å². The van der Waals surface area contributed by atoms with Crippen molar-refractivity contribution in [3.05, 3.63) is 83.6 Å². The first-order valence-electron chi connectivity index (χ1n) is 14.7. The van der Waals surface area contributed by atoms with Crippen LogP contribution in [0.4, 0.5) is 8.78 Å². The fraction of sp³-hybridized carbons (Fsp3) is 0.364. The summed E-state index contributed by atoms with van der Waals surface area (Å²) in [5.41, 5.74) is 3.58. The minimum absolute atomic E-state index is 0.0981. The summed E-state index contributed by atoms with van der Waals surface area (Å²) in [7, 11) is 0. The Hall–Kier alpha value is -4.51. The zero-order chi connectivity index (χ0) is 30.8. The minimum Gasteiger partial charge on any atom is -0.484 e. The number of rotatable bonds is 9. The van der Waals surface area contributed by atoms with Gasteiger partial charge >= 0.3 is 5.92 Å². The predicted octanol–water partition coefficient (Wildman–Crippen LogP) is 5.84. The fourth-order valence-electron chi connectivity index (χ4n) is 5.68. The van der Waals surface area contributed by atoms with Crippen LogP contribution in [0.15, 0.2) is 66.9 Å². The molecule has 2 aliphatic rings. The maximum Gasteiger partial charge on any atom is 0.321 e. The Morgan fingerprint density at radius 3 is 2.70 bits per heavy atom. The monoisotopic (exact) mass is 604 g/mol. The van der Waals surface area contributed by atoms with E-state index in [0.29, 0.717) is 36.2 Å². The molecular weight excluding hydrogens is 570 g/mol. The number of nitrogens with zero attached hydrogens (tertiary/aromatic N) is 2. The standard InChI is InChI=1S/C33H34F2N4O5/c1-20(37-32(41)33(2,34)35)30(21-10-11-23-18-42-19-43-29(23)16-21)44-27-12-13-28-24(15-27)17-36-39(28)26-9-5-6-22(14-26)31(40)38-25-7-3-4-8-25/h5-6,9-17,20,25,30H,3-4,7-8,18-19H2,1-2H3,(H,37,41)(H,38,40)/t20?,30-/m0/s1. The van der Waals surface area contributed by atoms with E-state index in [1.807, 2.05) is 30.3 Å². The van der Waals surface area contributed by atoms with Crippen LogP contribution in [0.2, 0.25) is 0 Å². The summed E-state index contributed by atoms with van der Waals surface area (Å²) in [5, 5.41) is 10.8. The lowest BCUT2D eigenvalue weighted by Gasteiger charge is -2.28. The van der Waals surface area contributed by atoms with E-state index < -0.39 is 24.0 Å². The second-order valence-corrected chi connectivity index (χ2v) is 11.4. The number of nitrogens with one attached hydrogen (secondary N) is 2. The molecule has 0 spiro atoms. The molecule has 2 heterocycles. The Labute approximate surface area is 253 Å². The number of carbonyl (C=O) groups is 2. The quantitative estimate of drug-likeness (QED) is 0.249. The number of aromatic nitrogens is 2. The van der Waals surface area contributed by atoms with Crippen molar-refractivity contribution in [1.29, 1.82) is 0 Å². The van der Waals surface area contributed by atoms with Gasteiger partial charge in [-0.3, -0.25) is 9.59 Å². The molecule has 0 radical (unpaired) electrons. The minimum atomic E-state index is -3.54. The molecule has 1 aliphatic heterocycles. The van der Waals surface area contributed by atoms with Crippen LogP contribution in [0.1, 0.15) is 67.1 Å². The molecule has 1 aromatic heterocycles. The summed E-state index contributed by atoms with van der Waals surface area (Å²) in [5.74, 6) is -3.97. The summed E-state index contributed by atoms with van der Waals surface area (Å²) < 4.78 is 46.6. The molecule has 0 bridgehead atoms. The Balaban J connectivity index is 1.26. The van der Waals surface area contributed by atoms with Crippen LogP contribution in [0, 0.1) is 0 Å². The third-order valence-electron chi connectivity index (χ3n) is 8.03. The van der Waals surface area contributed by atoms with Crippen LogP contribution >= 0.6 is 0 Å². The Morgan fingerprint density at radius 2 is 1.91 bits per heavy atom. The van der Waals surface area contributed by atoms with Gasteiger partial charge in [0.05, 0.1) is 30.0 Å². The van der Waals surface area contributed by atoms with Crippen LogP contribution in [0.3, 0.4) is 0 Å². The van der Waals surface area contributed by atoms with Gasteiger partial charge in [0.2, 0.25) is 0 Å². The van der Waals surface area contributed by atoms with Gasteiger partial charge in [-0.25, -0.2) is 4.68 Å². The molecule has 6 rings (SSSR count). The maximum absolute atomic E-state index is 13.8. The van der Waals surface area contributed by atoms with E-state index in [4.69, 9.17) is 14.2 Å². The zero-order valence-electron chi connectivity index (χ0n) is 24.5. The number of hydrogen-bond acceptors (Lipinski definition) is 6. The van der Waals surface area contributed by atoms with E-state index in [9.17, 15) is 18.4 Å². The zero-order valence-corrected chi connectivity index (χ0v) is 24.5. The molecule has 1 saturated carbocycles. The Bertz CT molecular complexity index is 1680. The Kier molecular flexibility index (Phi) is 8.22. The van der Waals surface area contributed by atoms with Gasteiger partial charge in [0.15, 0.2) is 6.79 Å². The third-order valence-corrected chi connectivity index (χ3v) is 8.03. The number of benzene rings is 3. The first-order valence-corrected chi connectivity index (χ1v) is 14.7. The van der Waals surface area contributed by atoms with Crippen molar-refractivity contribution in [3.63, 3.8) is 0 Å². The fourth-order valence-corrected chi connectivity index (χ4v) is 5.68. The predicted molar refractivity (Wildman–Crippen MR) is 159 cm³/mol. The molecule has 11 heteroatoms. The number of carbonyl (C=O) groups excluding carboxylic acids is 2. The molecule has 2 N–H and O–H groups in total. The highest BCUT2D eigenvalue weighted by atomic mass is 19.3. The molecule has 1 aliphatic carbocycles. The summed E-state index contributed by atoms with van der Waals surface area (Å²) >= 11 is 0. The molecule has 2 atom stereocenters. The lowest BCUT2D eigenvalue weighted by atomic mass is 10.00. The van der Waals surface area contributed by atoms with Gasteiger partial charge in [0, 0.05) is 29.5 Å². The van der Waals surface area contributed by atoms with Crippen LogP contribution in [-0.2, 0) is 16.1 Å². The van der Waals surface area contributed by atoms with Gasteiger partial charge in [0.1, 0.15) is 17.6 Å². The largest absolute Gasteiger partial charge is 0.484 e. The first-order chi connectivity index (χ1) is 21.2. The molecular formula is C33H34F2N4O5. The van der Waals surface area contributed by atoms with E-state index in [-0.39, 0.29) is 18.7 Å². The SMILES string of the molecule is CC(NC(=O)C(C)(F)F)[C@H](Oc1ccc2c(cnn2-c2cccc(C(=O)NC3CCCC3)c2)c1)c1ccc2c(c1)OCOC2. The molecule has 44 heavy (non-hydrogen) atoms. The normalized spacial score (nSPS) is 16.5. The molecule has 9 nitrogen and oxygen atoms in total. The van der Waals surface area contributed by atoms with Crippen molar-refractivity contribution in [2.45, 2.75) is 70.2 Å². The lowest BCUT2D eigenvalue weighted by Crippen LogP contribution is -2.46. The van der Waals surface area contributed by atoms with Crippen molar-refractivity contribution in [1.82, 2.24) is 20.4 Å². The number of amides is 2. The number of halogens is 2. The number of alkyl halides is 2. The summed E-state index contributed by atoms with van der Waals surface area (Å²) in [6.07, 6.45) is 5.16. The van der Waals surface area contributed by atoms with Crippen LogP contribution in [0.5, 0.6) is 11.5 Å². The maximum atomic E-state index is 13.8. The van der Waals surface area contributed by atoms with Crippen LogP contribution in [0.25, 0.3) is 16.6 Å². The van der Waals surface area contributed by atoms with Crippen molar-refractivity contribution >= 4 is 22.7 Å². The molecule has 3 aromatic carbocycles. The van der Waals surface area contributed by atoms with Gasteiger partial charge in [-0.1, -0.05) is 31.0 Å². The molecule has 230 valence electrons. The van der Waals surface area contributed by atoms with Crippen molar-refractivity contribution in [2.75, 3.05) is 6.79 Å². The second-order valence-electron chi connectivity index (χ2n) is 11.4. The van der Waals surface area contributed by atoms with Crippen molar-refractivity contribution < 1.29 is 32.6 Å². The average Bonchev–Trinajstić information content (AvgIpc) is 3.69.